The standard InChI is InChI=1S/C12H13N2O2S/c1-7(2)6-16-10-4-3-8(12(14)15)11(17)9(10)5-13/h3-4,7H,6H2,1-2H3,(H2,14,15). The average molecular weight is 249 g/mol. The van der Waals surface area contributed by atoms with Gasteiger partial charge in [0.25, 0.3) is 0 Å². The van der Waals surface area contributed by atoms with Gasteiger partial charge in [0.05, 0.1) is 17.1 Å². The number of ether oxygens (including phenoxy) is 1. The zero-order valence-electron chi connectivity index (χ0n) is 9.69. The summed E-state index contributed by atoms with van der Waals surface area (Å²) in [6.07, 6.45) is 0. The molecule has 0 aromatic heterocycles. The van der Waals surface area contributed by atoms with E-state index < -0.39 is 5.91 Å². The number of rotatable bonds is 4. The van der Waals surface area contributed by atoms with Crippen LogP contribution < -0.4 is 10.5 Å². The zero-order chi connectivity index (χ0) is 13.0. The van der Waals surface area contributed by atoms with Crippen molar-refractivity contribution in [3.05, 3.63) is 23.3 Å². The summed E-state index contributed by atoms with van der Waals surface area (Å²) in [4.78, 5) is 11.2. The predicted molar refractivity (Wildman–Crippen MR) is 65.9 cm³/mol. The quantitative estimate of drug-likeness (QED) is 0.889. The molecular formula is C12H13N2O2S. The Morgan fingerprint density at radius 1 is 1.59 bits per heavy atom. The monoisotopic (exact) mass is 249 g/mol. The SMILES string of the molecule is CC(C)COc1ccc(C(N)=O)c([S])c1C#N. The Hall–Kier alpha value is -1.80. The van der Waals surface area contributed by atoms with Crippen LogP contribution in [0, 0.1) is 17.2 Å². The third-order valence-electron chi connectivity index (χ3n) is 2.07. The van der Waals surface area contributed by atoms with E-state index in [4.69, 9.17) is 28.4 Å². The van der Waals surface area contributed by atoms with Gasteiger partial charge in [-0.05, 0) is 18.1 Å². The molecule has 0 heterocycles. The molecule has 4 nitrogen and oxygen atoms in total. The highest BCUT2D eigenvalue weighted by Gasteiger charge is 2.15. The van der Waals surface area contributed by atoms with Gasteiger partial charge in [-0.2, -0.15) is 5.26 Å². The van der Waals surface area contributed by atoms with E-state index in [1.54, 1.807) is 6.07 Å². The summed E-state index contributed by atoms with van der Waals surface area (Å²) in [5.41, 5.74) is 5.52. The summed E-state index contributed by atoms with van der Waals surface area (Å²) in [5, 5.41) is 9.02. The van der Waals surface area contributed by atoms with Gasteiger partial charge in [-0.1, -0.05) is 26.5 Å². The largest absolute Gasteiger partial charge is 0.492 e. The number of hydrogen-bond acceptors (Lipinski definition) is 3. The number of nitriles is 1. The number of nitrogens with zero attached hydrogens (tertiary/aromatic N) is 1. The molecule has 0 spiro atoms. The number of benzene rings is 1. The van der Waals surface area contributed by atoms with Crippen LogP contribution in [0.5, 0.6) is 5.75 Å². The lowest BCUT2D eigenvalue weighted by Crippen LogP contribution is -2.13. The van der Waals surface area contributed by atoms with Crippen molar-refractivity contribution in [1.29, 1.82) is 5.26 Å². The van der Waals surface area contributed by atoms with Crippen molar-refractivity contribution in [2.24, 2.45) is 11.7 Å². The van der Waals surface area contributed by atoms with Crippen LogP contribution in [0.15, 0.2) is 17.0 Å². The number of carbonyl (C=O) groups is 1. The molecule has 0 fully saturated rings. The van der Waals surface area contributed by atoms with Crippen LogP contribution in [0.25, 0.3) is 0 Å². The minimum Gasteiger partial charge on any atom is -0.492 e. The molecule has 0 saturated heterocycles. The molecule has 1 amide bonds. The summed E-state index contributed by atoms with van der Waals surface area (Å²) in [5.74, 6) is 0.101. The van der Waals surface area contributed by atoms with Crippen molar-refractivity contribution >= 4 is 18.5 Å². The van der Waals surface area contributed by atoms with Gasteiger partial charge in [-0.25, -0.2) is 0 Å². The molecule has 0 saturated carbocycles. The van der Waals surface area contributed by atoms with Crippen LogP contribution >= 0.6 is 12.6 Å². The molecule has 0 unspecified atom stereocenters. The molecule has 0 aliphatic rings. The van der Waals surface area contributed by atoms with E-state index in [1.165, 1.54) is 6.07 Å². The van der Waals surface area contributed by atoms with E-state index >= 15 is 0 Å². The van der Waals surface area contributed by atoms with Crippen LogP contribution in [-0.2, 0) is 0 Å². The first-order chi connectivity index (χ1) is 7.97. The Balaban J connectivity index is 3.13. The Kier molecular flexibility index (Phi) is 4.30. The molecular weight excluding hydrogens is 236 g/mol. The van der Waals surface area contributed by atoms with Crippen LogP contribution in [0.1, 0.15) is 29.8 Å². The molecule has 0 atom stereocenters. The third kappa shape index (κ3) is 3.08. The molecule has 89 valence electrons. The molecule has 0 bridgehead atoms. The van der Waals surface area contributed by atoms with Gasteiger partial charge in [0, 0.05) is 0 Å². The Morgan fingerprint density at radius 2 is 2.24 bits per heavy atom. The Bertz CT molecular complexity index is 478. The first-order valence-electron chi connectivity index (χ1n) is 5.14. The number of primary amides is 1. The van der Waals surface area contributed by atoms with Gasteiger partial charge in [0.1, 0.15) is 17.4 Å². The molecule has 2 N–H and O–H groups in total. The van der Waals surface area contributed by atoms with Crippen molar-refractivity contribution < 1.29 is 9.53 Å². The van der Waals surface area contributed by atoms with Gasteiger partial charge in [0.15, 0.2) is 0 Å². The summed E-state index contributed by atoms with van der Waals surface area (Å²) in [6, 6.07) is 4.99. The lowest BCUT2D eigenvalue weighted by Gasteiger charge is -2.12. The maximum Gasteiger partial charge on any atom is 0.250 e. The van der Waals surface area contributed by atoms with Crippen molar-refractivity contribution in [3.8, 4) is 11.8 Å². The van der Waals surface area contributed by atoms with Gasteiger partial charge in [0.2, 0.25) is 5.91 Å². The van der Waals surface area contributed by atoms with E-state index in [0.717, 1.165) is 0 Å². The molecule has 1 radical (unpaired) electrons. The number of hydrogen-bond donors (Lipinski definition) is 1. The highest BCUT2D eigenvalue weighted by Crippen LogP contribution is 2.28. The van der Waals surface area contributed by atoms with Crippen LogP contribution in [-0.4, -0.2) is 12.5 Å². The lowest BCUT2D eigenvalue weighted by molar-refractivity contribution is 0.0997. The normalized spacial score (nSPS) is 10.0. The fourth-order valence-corrected chi connectivity index (χ4v) is 1.56. The minimum absolute atomic E-state index is 0.154. The first-order valence-corrected chi connectivity index (χ1v) is 5.55. The lowest BCUT2D eigenvalue weighted by atomic mass is 10.1. The summed E-state index contributed by atoms with van der Waals surface area (Å²) < 4.78 is 5.46. The maximum absolute atomic E-state index is 11.1. The maximum atomic E-state index is 11.1. The molecule has 0 aliphatic heterocycles. The fourth-order valence-electron chi connectivity index (χ4n) is 1.24. The van der Waals surface area contributed by atoms with Crippen LogP contribution in [0.2, 0.25) is 0 Å². The number of amides is 1. The van der Waals surface area contributed by atoms with Gasteiger partial charge < -0.3 is 10.5 Å². The molecule has 0 aliphatic carbocycles. The van der Waals surface area contributed by atoms with Crippen LogP contribution in [0.4, 0.5) is 0 Å². The Morgan fingerprint density at radius 3 is 2.71 bits per heavy atom. The second-order valence-electron chi connectivity index (χ2n) is 4.00. The van der Waals surface area contributed by atoms with Gasteiger partial charge in [-0.15, -0.1) is 0 Å². The molecule has 1 rings (SSSR count). The molecule has 5 heteroatoms. The summed E-state index contributed by atoms with van der Waals surface area (Å²) in [6.45, 7) is 4.48. The van der Waals surface area contributed by atoms with Crippen molar-refractivity contribution in [2.75, 3.05) is 6.61 Å². The van der Waals surface area contributed by atoms with Gasteiger partial charge >= 0.3 is 0 Å². The van der Waals surface area contributed by atoms with E-state index in [0.29, 0.717) is 18.3 Å². The van der Waals surface area contributed by atoms with E-state index in [2.05, 4.69) is 0 Å². The van der Waals surface area contributed by atoms with E-state index in [1.807, 2.05) is 19.9 Å². The van der Waals surface area contributed by atoms with E-state index in [-0.39, 0.29) is 16.0 Å². The first kappa shape index (κ1) is 13.3. The van der Waals surface area contributed by atoms with Crippen molar-refractivity contribution in [2.45, 2.75) is 18.7 Å². The highest BCUT2D eigenvalue weighted by molar-refractivity contribution is 7.80. The second-order valence-corrected chi connectivity index (χ2v) is 4.40. The average Bonchev–Trinajstić information content (AvgIpc) is 2.25. The van der Waals surface area contributed by atoms with Crippen molar-refractivity contribution in [3.63, 3.8) is 0 Å². The predicted octanol–water partition coefficient (Wildman–Crippen LogP) is 2.25. The second kappa shape index (κ2) is 5.51. The molecule has 17 heavy (non-hydrogen) atoms. The number of carbonyl (C=O) groups excluding carboxylic acids is 1. The molecule has 1 aromatic rings. The van der Waals surface area contributed by atoms with Crippen LogP contribution in [0.3, 0.4) is 0 Å². The smallest absolute Gasteiger partial charge is 0.250 e. The topological polar surface area (TPSA) is 76.1 Å². The highest BCUT2D eigenvalue weighted by atomic mass is 32.1. The zero-order valence-corrected chi connectivity index (χ0v) is 10.5. The van der Waals surface area contributed by atoms with Crippen molar-refractivity contribution in [1.82, 2.24) is 0 Å². The molecule has 1 aromatic carbocycles. The van der Waals surface area contributed by atoms with E-state index in [9.17, 15) is 4.79 Å². The summed E-state index contributed by atoms with van der Waals surface area (Å²) >= 11 is 5.03. The minimum atomic E-state index is -0.637. The summed E-state index contributed by atoms with van der Waals surface area (Å²) in [7, 11) is 0. The van der Waals surface area contributed by atoms with Gasteiger partial charge in [-0.3, -0.25) is 4.79 Å². The third-order valence-corrected chi connectivity index (χ3v) is 2.49. The fraction of sp³-hybridized carbons (Fsp3) is 0.333. The Labute approximate surface area is 106 Å². The number of nitrogens with two attached hydrogens (primary N) is 1.